The number of nitrogens with zero attached hydrogens (tertiary/aromatic N) is 5. The summed E-state index contributed by atoms with van der Waals surface area (Å²) >= 11 is 0.903. The normalized spacial score (nSPS) is 10.3. The van der Waals surface area contributed by atoms with Crippen LogP contribution >= 0.6 is 11.8 Å². The molecule has 0 radical (unpaired) electrons. The number of aryl methyl sites for hydroxylation is 1. The molecule has 0 aliphatic rings. The third-order valence-electron chi connectivity index (χ3n) is 4.89. The van der Waals surface area contributed by atoms with Gasteiger partial charge in [-0.1, -0.05) is 29.8 Å². The molecule has 0 atom stereocenters. The van der Waals surface area contributed by atoms with Gasteiger partial charge in [0.15, 0.2) is 13.0 Å². The fraction of sp³-hybridized carbons (Fsp3) is 0.261. The highest BCUT2D eigenvalue weighted by atomic mass is 32.2. The molecule has 0 aliphatic carbocycles. The molecule has 0 aliphatic heterocycles. The number of esters is 1. The first-order chi connectivity index (χ1) is 17.3. The standard InChI is InChI=1S/C23H21N7O5S/c1-3-4-9-34-22(32)13-5-7-14(8-6-13)27-17(31)12-36-21-16(11-25)18(15(10-24)20(26)28-21)19-23(33)35-29-30(19)2/h5-8H,3-4,9,12H2,1-2H3,(H3-,26,27,28,29,31,32,33). The van der Waals surface area contributed by atoms with Gasteiger partial charge in [0.2, 0.25) is 5.91 Å². The summed E-state index contributed by atoms with van der Waals surface area (Å²) in [7, 11) is 1.41. The second kappa shape index (κ2) is 11.7. The summed E-state index contributed by atoms with van der Waals surface area (Å²) in [6, 6.07) is 10.00. The molecule has 2 heterocycles. The molecule has 0 spiro atoms. The van der Waals surface area contributed by atoms with E-state index in [9.17, 15) is 25.2 Å². The van der Waals surface area contributed by atoms with Gasteiger partial charge in [-0.05, 0) is 30.7 Å². The zero-order valence-corrected chi connectivity index (χ0v) is 20.2. The number of thioether (sulfide) groups is 1. The van der Waals surface area contributed by atoms with Crippen molar-refractivity contribution in [3.63, 3.8) is 0 Å². The number of hydrogen-bond donors (Lipinski definition) is 2. The number of ether oxygens (including phenoxy) is 1. The van der Waals surface area contributed by atoms with Gasteiger partial charge in [0, 0.05) is 5.69 Å². The number of anilines is 2. The van der Waals surface area contributed by atoms with Crippen molar-refractivity contribution in [2.75, 3.05) is 23.4 Å². The monoisotopic (exact) mass is 507 g/mol. The van der Waals surface area contributed by atoms with Gasteiger partial charge in [-0.2, -0.15) is 10.5 Å². The zero-order valence-electron chi connectivity index (χ0n) is 19.4. The zero-order chi connectivity index (χ0) is 26.2. The number of nitrogens with one attached hydrogen (secondary N) is 1. The molecular formula is C23H21N7O5S. The van der Waals surface area contributed by atoms with E-state index in [4.69, 9.17) is 10.5 Å². The van der Waals surface area contributed by atoms with Gasteiger partial charge in [0.1, 0.15) is 28.5 Å². The number of aromatic nitrogens is 3. The van der Waals surface area contributed by atoms with Crippen LogP contribution in [0.4, 0.5) is 11.5 Å². The Hall–Kier alpha value is -4.62. The molecule has 3 aromatic rings. The van der Waals surface area contributed by atoms with Crippen LogP contribution in [0.3, 0.4) is 0 Å². The minimum Gasteiger partial charge on any atom is -0.539 e. The predicted molar refractivity (Wildman–Crippen MR) is 125 cm³/mol. The van der Waals surface area contributed by atoms with Crippen molar-refractivity contribution in [3.8, 4) is 29.3 Å². The molecule has 2 aromatic heterocycles. The second-order valence-corrected chi connectivity index (χ2v) is 8.35. The van der Waals surface area contributed by atoms with Gasteiger partial charge < -0.3 is 25.4 Å². The number of nitriles is 2. The van der Waals surface area contributed by atoms with Crippen LogP contribution in [0.5, 0.6) is 5.95 Å². The highest BCUT2D eigenvalue weighted by Crippen LogP contribution is 2.36. The molecule has 13 heteroatoms. The molecule has 0 bridgehead atoms. The Morgan fingerprint density at radius 2 is 1.94 bits per heavy atom. The summed E-state index contributed by atoms with van der Waals surface area (Å²) in [6.07, 6.45) is 1.69. The lowest BCUT2D eigenvalue weighted by atomic mass is 10.0. The van der Waals surface area contributed by atoms with Crippen molar-refractivity contribution in [1.29, 1.82) is 10.5 Å². The molecule has 3 rings (SSSR count). The fourth-order valence-electron chi connectivity index (χ4n) is 3.13. The summed E-state index contributed by atoms with van der Waals surface area (Å²) < 4.78 is 10.9. The third-order valence-corrected chi connectivity index (χ3v) is 5.87. The van der Waals surface area contributed by atoms with Crippen LogP contribution in [0.1, 0.15) is 41.3 Å². The minimum absolute atomic E-state index is 0.0601. The van der Waals surface area contributed by atoms with E-state index < -0.39 is 17.8 Å². The Kier molecular flexibility index (Phi) is 8.43. The predicted octanol–water partition coefficient (Wildman–Crippen LogP) is 1.65. The topological polar surface area (TPSA) is 195 Å². The number of nitrogens with two attached hydrogens (primary N) is 1. The van der Waals surface area contributed by atoms with Crippen molar-refractivity contribution in [2.24, 2.45) is 7.05 Å². The number of hydrogen-bond acceptors (Lipinski definition) is 11. The SMILES string of the molecule is CCCCOC(=O)c1ccc(NC(=O)CSc2nc(N)c(C#N)c(-c3c([O-])on[n+]3C)c2C#N)cc1. The molecule has 3 N–H and O–H groups in total. The van der Waals surface area contributed by atoms with Gasteiger partial charge >= 0.3 is 5.97 Å². The maximum atomic E-state index is 12.5. The summed E-state index contributed by atoms with van der Waals surface area (Å²) in [5.41, 5.74) is 6.23. The van der Waals surface area contributed by atoms with E-state index in [2.05, 4.69) is 20.1 Å². The lowest BCUT2D eigenvalue weighted by molar-refractivity contribution is -0.730. The highest BCUT2D eigenvalue weighted by Gasteiger charge is 2.29. The summed E-state index contributed by atoms with van der Waals surface area (Å²) in [5.74, 6) is -2.09. The molecule has 36 heavy (non-hydrogen) atoms. The van der Waals surface area contributed by atoms with E-state index in [1.807, 2.05) is 19.1 Å². The van der Waals surface area contributed by atoms with Crippen LogP contribution in [0, 0.1) is 22.7 Å². The maximum absolute atomic E-state index is 12.5. The Morgan fingerprint density at radius 3 is 2.53 bits per heavy atom. The highest BCUT2D eigenvalue weighted by molar-refractivity contribution is 8.00. The van der Waals surface area contributed by atoms with Gasteiger partial charge in [-0.15, -0.1) is 0 Å². The van der Waals surface area contributed by atoms with Crippen LogP contribution in [0.25, 0.3) is 11.3 Å². The smallest absolute Gasteiger partial charge is 0.338 e. The second-order valence-electron chi connectivity index (χ2n) is 7.39. The van der Waals surface area contributed by atoms with E-state index in [0.29, 0.717) is 17.9 Å². The molecule has 0 fully saturated rings. The van der Waals surface area contributed by atoms with Crippen molar-refractivity contribution in [2.45, 2.75) is 24.8 Å². The van der Waals surface area contributed by atoms with Crippen LogP contribution in [0.15, 0.2) is 33.8 Å². The Labute approximate surface area is 210 Å². The van der Waals surface area contributed by atoms with Crippen LogP contribution in [0.2, 0.25) is 0 Å². The Morgan fingerprint density at radius 1 is 1.25 bits per heavy atom. The molecule has 1 aromatic carbocycles. The third kappa shape index (κ3) is 5.71. The fourth-order valence-corrected chi connectivity index (χ4v) is 3.93. The molecule has 184 valence electrons. The van der Waals surface area contributed by atoms with E-state index in [1.54, 1.807) is 24.3 Å². The number of rotatable bonds is 9. The maximum Gasteiger partial charge on any atom is 0.338 e. The van der Waals surface area contributed by atoms with Crippen LogP contribution in [-0.2, 0) is 16.6 Å². The van der Waals surface area contributed by atoms with Crippen LogP contribution < -0.4 is 20.8 Å². The Bertz CT molecular complexity index is 1350. The molecule has 0 unspecified atom stereocenters. The summed E-state index contributed by atoms with van der Waals surface area (Å²) in [4.78, 5) is 28.6. The first kappa shape index (κ1) is 26.0. The summed E-state index contributed by atoms with van der Waals surface area (Å²) in [6.45, 7) is 2.34. The summed E-state index contributed by atoms with van der Waals surface area (Å²) in [5, 5.41) is 37.7. The first-order valence-electron chi connectivity index (χ1n) is 10.7. The van der Waals surface area contributed by atoms with E-state index in [1.165, 1.54) is 7.05 Å². The van der Waals surface area contributed by atoms with Crippen LogP contribution in [-0.4, -0.2) is 34.5 Å². The molecule has 0 saturated carbocycles. The molecule has 12 nitrogen and oxygen atoms in total. The van der Waals surface area contributed by atoms with Gasteiger partial charge in [-0.25, -0.2) is 9.78 Å². The molecule has 0 saturated heterocycles. The molecular weight excluding hydrogens is 486 g/mol. The molecule has 1 amide bonds. The van der Waals surface area contributed by atoms with Gasteiger partial charge in [-0.3, -0.25) is 4.79 Å². The number of pyridine rings is 1. The van der Waals surface area contributed by atoms with Crippen molar-refractivity contribution in [3.05, 3.63) is 41.0 Å². The largest absolute Gasteiger partial charge is 0.539 e. The number of unbranched alkanes of at least 4 members (excludes halogenated alkanes) is 1. The number of carbonyl (C=O) groups is 2. The van der Waals surface area contributed by atoms with Gasteiger partial charge in [0.25, 0.3) is 5.69 Å². The average Bonchev–Trinajstić information content (AvgIpc) is 3.20. The van der Waals surface area contributed by atoms with E-state index in [0.717, 1.165) is 29.3 Å². The minimum atomic E-state index is -0.859. The quantitative estimate of drug-likeness (QED) is 0.185. The van der Waals surface area contributed by atoms with Crippen molar-refractivity contribution < 1.29 is 28.6 Å². The van der Waals surface area contributed by atoms with Gasteiger partial charge in [0.05, 0.1) is 34.3 Å². The van der Waals surface area contributed by atoms with Crippen molar-refractivity contribution >= 4 is 35.1 Å². The first-order valence-corrected chi connectivity index (χ1v) is 11.7. The lowest BCUT2D eigenvalue weighted by Crippen LogP contribution is -2.32. The van der Waals surface area contributed by atoms with E-state index in [-0.39, 0.29) is 39.0 Å². The number of benzene rings is 1. The average molecular weight is 508 g/mol. The number of carbonyl (C=O) groups excluding carboxylic acids is 2. The Balaban J connectivity index is 1.75. The van der Waals surface area contributed by atoms with E-state index >= 15 is 0 Å². The van der Waals surface area contributed by atoms with Crippen molar-refractivity contribution in [1.82, 2.24) is 10.3 Å². The lowest BCUT2D eigenvalue weighted by Gasteiger charge is -2.11. The number of nitrogen functional groups attached to an aromatic ring is 1. The number of amides is 1.